The first-order valence-electron chi connectivity index (χ1n) is 6.18. The van der Waals surface area contributed by atoms with E-state index in [2.05, 4.69) is 67.4 Å². The van der Waals surface area contributed by atoms with Crippen LogP contribution < -0.4 is 0 Å². The molecule has 3 rings (SSSR count). The van der Waals surface area contributed by atoms with Crippen molar-refractivity contribution in [2.45, 2.75) is 13.8 Å². The van der Waals surface area contributed by atoms with Crippen LogP contribution in [0.2, 0.25) is 0 Å². The third kappa shape index (κ3) is 1.68. The smallest absolute Gasteiger partial charge is 0.0783 e. The molecule has 18 heavy (non-hydrogen) atoms. The van der Waals surface area contributed by atoms with Gasteiger partial charge in [0.2, 0.25) is 0 Å². The van der Waals surface area contributed by atoms with Gasteiger partial charge in [-0.1, -0.05) is 48.5 Å². The molecule has 2 aromatic carbocycles. The SMILES string of the molecule is Cc1ccccc1-c1ncc(C)c2ccccc12. The highest BCUT2D eigenvalue weighted by Crippen LogP contribution is 2.29. The third-order valence-electron chi connectivity index (χ3n) is 3.39. The van der Waals surface area contributed by atoms with Gasteiger partial charge in [0.15, 0.2) is 0 Å². The summed E-state index contributed by atoms with van der Waals surface area (Å²) in [6.07, 6.45) is 1.96. The summed E-state index contributed by atoms with van der Waals surface area (Å²) in [4.78, 5) is 4.64. The van der Waals surface area contributed by atoms with Crippen molar-refractivity contribution in [3.05, 3.63) is 65.9 Å². The van der Waals surface area contributed by atoms with Crippen LogP contribution in [0.3, 0.4) is 0 Å². The Hall–Kier alpha value is -2.15. The summed E-state index contributed by atoms with van der Waals surface area (Å²) in [5, 5.41) is 2.51. The van der Waals surface area contributed by atoms with Crippen LogP contribution in [0, 0.1) is 13.8 Å². The van der Waals surface area contributed by atoms with Crippen molar-refractivity contribution in [2.75, 3.05) is 0 Å². The molecule has 3 aromatic rings. The second-order valence-corrected chi connectivity index (χ2v) is 4.65. The number of hydrogen-bond donors (Lipinski definition) is 0. The van der Waals surface area contributed by atoms with E-state index in [9.17, 15) is 0 Å². The number of benzene rings is 2. The largest absolute Gasteiger partial charge is 0.255 e. The molecule has 0 atom stereocenters. The lowest BCUT2D eigenvalue weighted by Crippen LogP contribution is -1.90. The average molecular weight is 233 g/mol. The molecule has 0 aliphatic heterocycles. The van der Waals surface area contributed by atoms with Crippen molar-refractivity contribution in [2.24, 2.45) is 0 Å². The van der Waals surface area contributed by atoms with E-state index >= 15 is 0 Å². The molecular weight excluding hydrogens is 218 g/mol. The summed E-state index contributed by atoms with van der Waals surface area (Å²) in [5.41, 5.74) is 4.78. The maximum atomic E-state index is 4.64. The number of aromatic nitrogens is 1. The highest BCUT2D eigenvalue weighted by molar-refractivity contribution is 5.96. The quantitative estimate of drug-likeness (QED) is 0.602. The topological polar surface area (TPSA) is 12.9 Å². The van der Waals surface area contributed by atoms with Gasteiger partial charge in [0.05, 0.1) is 5.69 Å². The van der Waals surface area contributed by atoms with Crippen LogP contribution in [0.1, 0.15) is 11.1 Å². The molecule has 88 valence electrons. The van der Waals surface area contributed by atoms with Crippen LogP contribution in [-0.4, -0.2) is 4.98 Å². The first kappa shape index (κ1) is 11.0. The minimum absolute atomic E-state index is 1.08. The highest BCUT2D eigenvalue weighted by Gasteiger charge is 2.08. The zero-order chi connectivity index (χ0) is 12.5. The molecule has 0 N–H and O–H groups in total. The third-order valence-corrected chi connectivity index (χ3v) is 3.39. The maximum Gasteiger partial charge on any atom is 0.0783 e. The second-order valence-electron chi connectivity index (χ2n) is 4.65. The molecule has 1 aromatic heterocycles. The fraction of sp³-hybridized carbons (Fsp3) is 0.118. The van der Waals surface area contributed by atoms with Crippen molar-refractivity contribution >= 4 is 10.8 Å². The molecule has 0 amide bonds. The second kappa shape index (κ2) is 4.26. The van der Waals surface area contributed by atoms with Gasteiger partial charge in [-0.2, -0.15) is 0 Å². The van der Waals surface area contributed by atoms with Crippen molar-refractivity contribution in [1.82, 2.24) is 4.98 Å². The van der Waals surface area contributed by atoms with Gasteiger partial charge in [-0.15, -0.1) is 0 Å². The molecule has 0 saturated carbocycles. The number of fused-ring (bicyclic) bond motifs is 1. The fourth-order valence-electron chi connectivity index (χ4n) is 2.39. The summed E-state index contributed by atoms with van der Waals surface area (Å²) in [6.45, 7) is 4.24. The van der Waals surface area contributed by atoms with Crippen molar-refractivity contribution in [3.63, 3.8) is 0 Å². The normalized spacial score (nSPS) is 10.8. The Bertz CT molecular complexity index is 714. The zero-order valence-corrected chi connectivity index (χ0v) is 10.6. The van der Waals surface area contributed by atoms with Gasteiger partial charge in [0.1, 0.15) is 0 Å². The molecule has 0 fully saturated rings. The minimum atomic E-state index is 1.08. The van der Waals surface area contributed by atoms with E-state index < -0.39 is 0 Å². The van der Waals surface area contributed by atoms with Crippen molar-refractivity contribution in [1.29, 1.82) is 0 Å². The number of aryl methyl sites for hydroxylation is 2. The average Bonchev–Trinajstić information content (AvgIpc) is 2.41. The molecule has 0 radical (unpaired) electrons. The molecule has 1 heteroatoms. The molecule has 0 unspecified atom stereocenters. The van der Waals surface area contributed by atoms with Gasteiger partial charge in [-0.3, -0.25) is 4.98 Å². The Balaban J connectivity index is 2.38. The molecule has 0 bridgehead atoms. The Morgan fingerprint density at radius 3 is 2.17 bits per heavy atom. The Morgan fingerprint density at radius 2 is 1.39 bits per heavy atom. The lowest BCUT2D eigenvalue weighted by Gasteiger charge is -2.10. The molecular formula is C17H15N. The summed E-state index contributed by atoms with van der Waals surface area (Å²) in [7, 11) is 0. The number of pyridine rings is 1. The molecule has 0 saturated heterocycles. The van der Waals surface area contributed by atoms with Crippen LogP contribution in [-0.2, 0) is 0 Å². The van der Waals surface area contributed by atoms with Crippen molar-refractivity contribution < 1.29 is 0 Å². The molecule has 0 aliphatic rings. The summed E-state index contributed by atoms with van der Waals surface area (Å²) >= 11 is 0. The molecule has 0 spiro atoms. The van der Waals surface area contributed by atoms with Gasteiger partial charge in [0.25, 0.3) is 0 Å². The van der Waals surface area contributed by atoms with Crippen LogP contribution in [0.4, 0.5) is 0 Å². The standard InChI is InChI=1S/C17H15N/c1-12-7-3-4-9-15(12)17-16-10-6-5-8-14(16)13(2)11-18-17/h3-11H,1-2H3. The monoisotopic (exact) mass is 233 g/mol. The van der Waals surface area contributed by atoms with E-state index in [1.807, 2.05) is 6.20 Å². The van der Waals surface area contributed by atoms with E-state index in [0.717, 1.165) is 5.69 Å². The first-order chi connectivity index (χ1) is 8.77. The van der Waals surface area contributed by atoms with E-state index in [1.54, 1.807) is 0 Å². The lowest BCUT2D eigenvalue weighted by atomic mass is 9.98. The zero-order valence-electron chi connectivity index (χ0n) is 10.6. The van der Waals surface area contributed by atoms with E-state index in [1.165, 1.54) is 27.5 Å². The van der Waals surface area contributed by atoms with Gasteiger partial charge >= 0.3 is 0 Å². The van der Waals surface area contributed by atoms with Gasteiger partial charge in [-0.05, 0) is 30.4 Å². The van der Waals surface area contributed by atoms with E-state index in [0.29, 0.717) is 0 Å². The molecule has 1 nitrogen and oxygen atoms in total. The van der Waals surface area contributed by atoms with Crippen LogP contribution in [0.15, 0.2) is 54.7 Å². The highest BCUT2D eigenvalue weighted by atomic mass is 14.7. The predicted octanol–water partition coefficient (Wildman–Crippen LogP) is 4.52. The van der Waals surface area contributed by atoms with Crippen molar-refractivity contribution in [3.8, 4) is 11.3 Å². The number of hydrogen-bond acceptors (Lipinski definition) is 1. The van der Waals surface area contributed by atoms with Gasteiger partial charge in [0, 0.05) is 17.1 Å². The van der Waals surface area contributed by atoms with Gasteiger partial charge < -0.3 is 0 Å². The minimum Gasteiger partial charge on any atom is -0.255 e. The Labute approximate surface area is 107 Å². The first-order valence-corrected chi connectivity index (χ1v) is 6.18. The van der Waals surface area contributed by atoms with E-state index in [4.69, 9.17) is 0 Å². The maximum absolute atomic E-state index is 4.64. The number of rotatable bonds is 1. The Morgan fingerprint density at radius 1 is 0.722 bits per heavy atom. The lowest BCUT2D eigenvalue weighted by molar-refractivity contribution is 1.29. The van der Waals surface area contributed by atoms with Gasteiger partial charge in [-0.25, -0.2) is 0 Å². The predicted molar refractivity (Wildman–Crippen MR) is 76.7 cm³/mol. The summed E-state index contributed by atoms with van der Waals surface area (Å²) in [5.74, 6) is 0. The summed E-state index contributed by atoms with van der Waals surface area (Å²) in [6, 6.07) is 16.9. The van der Waals surface area contributed by atoms with Crippen LogP contribution in [0.5, 0.6) is 0 Å². The molecule has 1 heterocycles. The number of nitrogens with zero attached hydrogens (tertiary/aromatic N) is 1. The van der Waals surface area contributed by atoms with E-state index in [-0.39, 0.29) is 0 Å². The molecule has 0 aliphatic carbocycles. The summed E-state index contributed by atoms with van der Waals surface area (Å²) < 4.78 is 0. The Kier molecular flexibility index (Phi) is 2.60. The van der Waals surface area contributed by atoms with Crippen LogP contribution in [0.25, 0.3) is 22.0 Å². The fourth-order valence-corrected chi connectivity index (χ4v) is 2.39. The van der Waals surface area contributed by atoms with Crippen LogP contribution >= 0.6 is 0 Å².